The molecule has 0 rings (SSSR count). The maximum Gasteiger partial charge on any atom is 0.322 e. The van der Waals surface area contributed by atoms with Crippen molar-refractivity contribution in [3.05, 3.63) is 109 Å². The van der Waals surface area contributed by atoms with E-state index in [4.69, 9.17) is 9.84 Å². The number of hydrogen-bond donors (Lipinski definition) is 2. The van der Waals surface area contributed by atoms with Crippen LogP contribution in [0.2, 0.25) is 0 Å². The first-order chi connectivity index (χ1) is 26.5. The smallest absolute Gasteiger partial charge is 0.322 e. The Bertz CT molecular complexity index is 1180. The molecule has 0 aliphatic rings. The predicted octanol–water partition coefficient (Wildman–Crippen LogP) is 13.1. The maximum atomic E-state index is 12.7. The lowest BCUT2D eigenvalue weighted by Gasteiger charge is -2.14. The van der Waals surface area contributed by atoms with E-state index in [0.717, 1.165) is 135 Å². The topological polar surface area (TPSA) is 92.7 Å². The van der Waals surface area contributed by atoms with Crippen LogP contribution in [0.5, 0.6) is 0 Å². The van der Waals surface area contributed by atoms with Gasteiger partial charge in [0.15, 0.2) is 0 Å². The molecule has 6 heteroatoms. The fourth-order valence-electron chi connectivity index (χ4n) is 5.39. The lowest BCUT2D eigenvalue weighted by Crippen LogP contribution is -2.28. The highest BCUT2D eigenvalue weighted by atomic mass is 16.5. The highest BCUT2D eigenvalue weighted by molar-refractivity contribution is 5.80. The Balaban J connectivity index is 4.19. The molecule has 0 aliphatic heterocycles. The number of carbonyl (C=O) groups excluding carboxylic acids is 2. The summed E-state index contributed by atoms with van der Waals surface area (Å²) in [6.07, 6.45) is 60.9. The quantitative estimate of drug-likeness (QED) is 0.0378. The van der Waals surface area contributed by atoms with Crippen molar-refractivity contribution >= 4 is 17.8 Å². The molecule has 0 bridgehead atoms. The molecule has 0 spiro atoms. The highest BCUT2D eigenvalue weighted by Crippen LogP contribution is 2.15. The van der Waals surface area contributed by atoms with Crippen molar-refractivity contribution in [1.29, 1.82) is 0 Å². The number of allylic oxidation sites excluding steroid dienone is 17. The minimum absolute atomic E-state index is 0.108. The van der Waals surface area contributed by atoms with E-state index in [9.17, 15) is 14.4 Å². The van der Waals surface area contributed by atoms with Gasteiger partial charge in [-0.3, -0.25) is 14.4 Å². The van der Waals surface area contributed by atoms with Gasteiger partial charge in [0, 0.05) is 12.8 Å². The molecule has 6 nitrogen and oxygen atoms in total. The third-order valence-corrected chi connectivity index (χ3v) is 8.42. The van der Waals surface area contributed by atoms with E-state index in [2.05, 4.69) is 122 Å². The molecule has 0 saturated carbocycles. The second-order valence-corrected chi connectivity index (χ2v) is 13.5. The summed E-state index contributed by atoms with van der Waals surface area (Å²) in [7, 11) is 0. The zero-order chi connectivity index (χ0) is 39.4. The van der Waals surface area contributed by atoms with Crippen LogP contribution in [0.4, 0.5) is 0 Å². The summed E-state index contributed by atoms with van der Waals surface area (Å²) in [6.45, 7) is 3.97. The maximum absolute atomic E-state index is 12.7. The molecule has 0 radical (unpaired) electrons. The summed E-state index contributed by atoms with van der Waals surface area (Å²) in [5.41, 5.74) is 0. The van der Waals surface area contributed by atoms with Crippen LogP contribution < -0.4 is 5.32 Å². The van der Waals surface area contributed by atoms with E-state index in [-0.39, 0.29) is 24.5 Å². The molecule has 1 unspecified atom stereocenters. The summed E-state index contributed by atoms with van der Waals surface area (Å²) in [4.78, 5) is 34.9. The molecule has 302 valence electrons. The number of aliphatic carboxylic acids is 1. The van der Waals surface area contributed by atoms with Crippen LogP contribution in [-0.4, -0.2) is 35.6 Å². The molecule has 0 saturated heterocycles. The van der Waals surface area contributed by atoms with E-state index in [1.807, 2.05) is 6.08 Å². The average molecular weight is 746 g/mol. The second kappa shape index (κ2) is 41.8. The Labute approximate surface area is 330 Å². The van der Waals surface area contributed by atoms with Crippen LogP contribution >= 0.6 is 0 Å². The first-order valence-corrected chi connectivity index (χ1v) is 21.0. The lowest BCUT2D eigenvalue weighted by molar-refractivity contribution is -0.147. The zero-order valence-corrected chi connectivity index (χ0v) is 34.0. The third-order valence-electron chi connectivity index (χ3n) is 8.42. The average Bonchev–Trinajstić information content (AvgIpc) is 3.16. The first kappa shape index (κ1) is 50.1. The molecule has 0 aromatic carbocycles. The number of esters is 1. The van der Waals surface area contributed by atoms with Crippen LogP contribution in [0, 0.1) is 0 Å². The molecular formula is C48H75NO5. The highest BCUT2D eigenvalue weighted by Gasteiger charge is 2.11. The van der Waals surface area contributed by atoms with Gasteiger partial charge in [-0.05, 0) is 102 Å². The summed E-state index contributed by atoms with van der Waals surface area (Å²) in [5, 5.41) is 11.0. The van der Waals surface area contributed by atoms with E-state index >= 15 is 0 Å². The summed E-state index contributed by atoms with van der Waals surface area (Å²) < 4.78 is 5.90. The summed E-state index contributed by atoms with van der Waals surface area (Å²) >= 11 is 0. The van der Waals surface area contributed by atoms with Crippen molar-refractivity contribution in [3.63, 3.8) is 0 Å². The minimum atomic E-state index is -1.03. The number of carboxylic acids is 1. The lowest BCUT2D eigenvalue weighted by atomic mass is 10.1. The molecule has 1 amide bonds. The minimum Gasteiger partial charge on any atom is -0.480 e. The van der Waals surface area contributed by atoms with Crippen LogP contribution in [0.1, 0.15) is 162 Å². The van der Waals surface area contributed by atoms with Gasteiger partial charge in [-0.15, -0.1) is 0 Å². The third kappa shape index (κ3) is 40.8. The Morgan fingerprint density at radius 2 is 0.907 bits per heavy atom. The van der Waals surface area contributed by atoms with Gasteiger partial charge in [-0.1, -0.05) is 156 Å². The van der Waals surface area contributed by atoms with Gasteiger partial charge in [0.2, 0.25) is 5.91 Å². The fraction of sp³-hybridized carbons (Fsp3) is 0.562. The molecule has 1 atom stereocenters. The van der Waals surface area contributed by atoms with Crippen molar-refractivity contribution in [2.45, 2.75) is 168 Å². The van der Waals surface area contributed by atoms with Crippen molar-refractivity contribution in [3.8, 4) is 0 Å². The van der Waals surface area contributed by atoms with Gasteiger partial charge in [0.25, 0.3) is 0 Å². The number of ether oxygens (including phenoxy) is 1. The zero-order valence-electron chi connectivity index (χ0n) is 34.0. The van der Waals surface area contributed by atoms with Gasteiger partial charge in [-0.25, -0.2) is 0 Å². The molecule has 2 N–H and O–H groups in total. The van der Waals surface area contributed by atoms with E-state index in [1.165, 1.54) is 0 Å². The van der Waals surface area contributed by atoms with Crippen LogP contribution in [0.15, 0.2) is 109 Å². The number of rotatable bonds is 36. The van der Waals surface area contributed by atoms with Gasteiger partial charge in [-0.2, -0.15) is 0 Å². The standard InChI is InChI=1S/C48H75NO5/c1-3-5-7-9-11-13-14-15-16-17-18-19-20-21-22-23-24-25-26-27-29-35-39-43-48(53)54-45(40-36-32-28-12-10-8-6-4-2)41-37-33-30-31-34-38-42-46(50)49-44-47(51)52/h5-8,11-13,15-16,18-19,21-22,24-25,28,36,40,45H,3-4,9-10,14,17,20,23,26-27,29-35,37-39,41-44H2,1-2H3,(H,49,50)(H,51,52)/b7-5-,8-6-,13-11-,16-15-,19-18-,22-21-,25-24-,28-12-,40-36-. The van der Waals surface area contributed by atoms with Crippen LogP contribution in [0.3, 0.4) is 0 Å². The SMILES string of the molecule is CC/C=C\C/C=C\C/C=C\C/C=C\C/C=C\C/C=C\CCCCCCC(=O)OC(/C=C\C/C=C\C/C=C\CC)CCCCCCCCC(=O)NCC(=O)O. The van der Waals surface area contributed by atoms with Crippen molar-refractivity contribution in [1.82, 2.24) is 5.32 Å². The number of amides is 1. The van der Waals surface area contributed by atoms with Gasteiger partial charge >= 0.3 is 11.9 Å². The number of nitrogens with one attached hydrogen (secondary N) is 1. The van der Waals surface area contributed by atoms with Gasteiger partial charge in [0.05, 0.1) is 0 Å². The predicted molar refractivity (Wildman–Crippen MR) is 230 cm³/mol. The second-order valence-electron chi connectivity index (χ2n) is 13.5. The molecular weight excluding hydrogens is 671 g/mol. The van der Waals surface area contributed by atoms with Gasteiger partial charge in [0.1, 0.15) is 12.6 Å². The number of carboxylic acid groups (broad SMARTS) is 1. The van der Waals surface area contributed by atoms with Crippen molar-refractivity contribution in [2.24, 2.45) is 0 Å². The summed E-state index contributed by atoms with van der Waals surface area (Å²) in [6, 6.07) is 0. The number of carbonyl (C=O) groups is 3. The van der Waals surface area contributed by atoms with Gasteiger partial charge < -0.3 is 15.2 Å². The Morgan fingerprint density at radius 1 is 0.500 bits per heavy atom. The van der Waals surface area contributed by atoms with Crippen LogP contribution in [0.25, 0.3) is 0 Å². The van der Waals surface area contributed by atoms with E-state index in [1.54, 1.807) is 0 Å². The Kier molecular flexibility index (Phi) is 38.8. The van der Waals surface area contributed by atoms with Crippen LogP contribution in [-0.2, 0) is 19.1 Å². The molecule has 0 aromatic heterocycles. The monoisotopic (exact) mass is 746 g/mol. The molecule has 54 heavy (non-hydrogen) atoms. The number of hydrogen-bond acceptors (Lipinski definition) is 4. The largest absolute Gasteiger partial charge is 0.480 e. The van der Waals surface area contributed by atoms with Crippen molar-refractivity contribution < 1.29 is 24.2 Å². The molecule has 0 aromatic rings. The molecule has 0 heterocycles. The first-order valence-electron chi connectivity index (χ1n) is 21.0. The molecule has 0 fully saturated rings. The Hall–Kier alpha value is -3.93. The van der Waals surface area contributed by atoms with E-state index < -0.39 is 5.97 Å². The van der Waals surface area contributed by atoms with E-state index in [0.29, 0.717) is 12.8 Å². The normalized spacial score (nSPS) is 13.2. The molecule has 0 aliphatic carbocycles. The number of unbranched alkanes of at least 4 members (excludes halogenated alkanes) is 9. The van der Waals surface area contributed by atoms with Crippen molar-refractivity contribution in [2.75, 3.05) is 6.54 Å². The summed E-state index contributed by atoms with van der Waals surface area (Å²) in [5.74, 6) is -1.34. The Morgan fingerprint density at radius 3 is 1.41 bits per heavy atom. The fourth-order valence-corrected chi connectivity index (χ4v) is 5.39.